The summed E-state index contributed by atoms with van der Waals surface area (Å²) in [5, 5.41) is 12.8. The monoisotopic (exact) mass is 370 g/mol. The second-order valence-corrected chi connectivity index (χ2v) is 7.82. The van der Waals surface area contributed by atoms with E-state index < -0.39 is 0 Å². The molecule has 1 aliphatic rings. The predicted octanol–water partition coefficient (Wildman–Crippen LogP) is 2.95. The van der Waals surface area contributed by atoms with E-state index in [1.165, 1.54) is 12.8 Å². The van der Waals surface area contributed by atoms with Crippen molar-refractivity contribution in [2.75, 3.05) is 37.7 Å². The lowest BCUT2D eigenvalue weighted by atomic mass is 10.1. The van der Waals surface area contributed by atoms with E-state index in [1.807, 2.05) is 25.1 Å². The summed E-state index contributed by atoms with van der Waals surface area (Å²) >= 11 is 7.95. The first-order valence-corrected chi connectivity index (χ1v) is 10.1. The summed E-state index contributed by atoms with van der Waals surface area (Å²) in [5.41, 5.74) is 1.09. The molecule has 4 nitrogen and oxygen atoms in total. The number of carbonyl (C=O) groups is 1. The summed E-state index contributed by atoms with van der Waals surface area (Å²) in [7, 11) is 0. The van der Waals surface area contributed by atoms with Gasteiger partial charge in [-0.15, -0.1) is 0 Å². The molecule has 1 fully saturated rings. The van der Waals surface area contributed by atoms with E-state index in [1.54, 1.807) is 11.8 Å². The molecule has 0 saturated carbocycles. The van der Waals surface area contributed by atoms with Gasteiger partial charge >= 0.3 is 0 Å². The van der Waals surface area contributed by atoms with Gasteiger partial charge in [0.05, 0.1) is 11.8 Å². The Morgan fingerprint density at radius 2 is 2.08 bits per heavy atom. The fraction of sp³-hybridized carbons (Fsp3) is 0.611. The Labute approximate surface area is 153 Å². The van der Waals surface area contributed by atoms with Crippen molar-refractivity contribution in [1.29, 1.82) is 0 Å². The summed E-state index contributed by atoms with van der Waals surface area (Å²) in [6.45, 7) is 4.83. The van der Waals surface area contributed by atoms with Crippen molar-refractivity contribution in [3.63, 3.8) is 0 Å². The van der Waals surface area contributed by atoms with Crippen molar-refractivity contribution in [2.24, 2.45) is 5.92 Å². The largest absolute Gasteiger partial charge is 0.396 e. The highest BCUT2D eigenvalue weighted by Crippen LogP contribution is 2.29. The molecule has 1 saturated heterocycles. The molecule has 2 rings (SSSR count). The smallest absolute Gasteiger partial charge is 0.230 e. The minimum absolute atomic E-state index is 0.0430. The minimum atomic E-state index is 0.0430. The standard InChI is InChI=1S/C18H27ClN2O2S/c1-14(11-22)12-24-13-18(23)20-10-17(21-8-4-5-9-21)15-6-2-3-7-16(15)19/h2-3,6-7,14,17,22H,4-5,8-13H2,1H3,(H,20,23)/t14-,17-/m1/s1. The number of hydrogen-bond acceptors (Lipinski definition) is 4. The normalized spacial score (nSPS) is 17.6. The van der Waals surface area contributed by atoms with Crippen molar-refractivity contribution in [2.45, 2.75) is 25.8 Å². The molecule has 1 heterocycles. The van der Waals surface area contributed by atoms with Crippen molar-refractivity contribution < 1.29 is 9.90 Å². The van der Waals surface area contributed by atoms with Crippen LogP contribution in [0.1, 0.15) is 31.4 Å². The van der Waals surface area contributed by atoms with E-state index in [0.717, 1.165) is 29.4 Å². The Balaban J connectivity index is 1.89. The fourth-order valence-electron chi connectivity index (χ4n) is 2.90. The molecule has 1 aromatic carbocycles. The number of hydrogen-bond donors (Lipinski definition) is 2. The lowest BCUT2D eigenvalue weighted by molar-refractivity contribution is -0.118. The molecule has 0 aliphatic carbocycles. The highest BCUT2D eigenvalue weighted by Gasteiger charge is 2.25. The summed E-state index contributed by atoms with van der Waals surface area (Å²) in [4.78, 5) is 14.5. The Morgan fingerprint density at radius 3 is 2.75 bits per heavy atom. The molecule has 0 spiro atoms. The van der Waals surface area contributed by atoms with Crippen LogP contribution in [0.4, 0.5) is 0 Å². The van der Waals surface area contributed by atoms with Crippen LogP contribution >= 0.6 is 23.4 Å². The molecule has 2 N–H and O–H groups in total. The zero-order chi connectivity index (χ0) is 17.4. The van der Waals surface area contributed by atoms with Gasteiger partial charge in [-0.2, -0.15) is 11.8 Å². The van der Waals surface area contributed by atoms with E-state index in [0.29, 0.717) is 12.3 Å². The third-order valence-corrected chi connectivity index (χ3v) is 5.90. The summed E-state index contributed by atoms with van der Waals surface area (Å²) in [6, 6.07) is 8.03. The van der Waals surface area contributed by atoms with Gasteiger partial charge in [-0.25, -0.2) is 0 Å². The van der Waals surface area contributed by atoms with E-state index >= 15 is 0 Å². The van der Waals surface area contributed by atoms with Crippen LogP contribution in [-0.4, -0.2) is 53.7 Å². The van der Waals surface area contributed by atoms with E-state index in [4.69, 9.17) is 16.7 Å². The molecule has 0 aromatic heterocycles. The van der Waals surface area contributed by atoms with Gasteiger partial charge < -0.3 is 10.4 Å². The first kappa shape index (κ1) is 19.6. The third kappa shape index (κ3) is 5.96. The summed E-state index contributed by atoms with van der Waals surface area (Å²) in [6.07, 6.45) is 2.40. The minimum Gasteiger partial charge on any atom is -0.396 e. The van der Waals surface area contributed by atoms with Crippen molar-refractivity contribution >= 4 is 29.3 Å². The molecule has 0 radical (unpaired) electrons. The lowest BCUT2D eigenvalue weighted by Gasteiger charge is -2.29. The number of aliphatic hydroxyl groups excluding tert-OH is 1. The third-order valence-electron chi connectivity index (χ3n) is 4.29. The van der Waals surface area contributed by atoms with Gasteiger partial charge in [0, 0.05) is 18.2 Å². The first-order chi connectivity index (χ1) is 11.6. The van der Waals surface area contributed by atoms with E-state index in [-0.39, 0.29) is 24.5 Å². The molecule has 1 aliphatic heterocycles. The number of likely N-dealkylation sites (tertiary alicyclic amines) is 1. The Morgan fingerprint density at radius 1 is 1.38 bits per heavy atom. The van der Waals surface area contributed by atoms with Crippen LogP contribution in [-0.2, 0) is 4.79 Å². The first-order valence-electron chi connectivity index (χ1n) is 8.55. The summed E-state index contributed by atoms with van der Waals surface area (Å²) in [5.74, 6) is 1.49. The molecule has 1 amide bonds. The van der Waals surface area contributed by atoms with Crippen LogP contribution in [0.2, 0.25) is 5.02 Å². The molecule has 2 atom stereocenters. The van der Waals surface area contributed by atoms with Gasteiger partial charge in [0.2, 0.25) is 5.91 Å². The maximum atomic E-state index is 12.1. The quantitative estimate of drug-likeness (QED) is 0.701. The number of rotatable bonds is 9. The number of carbonyl (C=O) groups excluding carboxylic acids is 1. The van der Waals surface area contributed by atoms with Crippen LogP contribution in [0.3, 0.4) is 0 Å². The number of halogens is 1. The second kappa shape index (κ2) is 10.3. The summed E-state index contributed by atoms with van der Waals surface area (Å²) < 4.78 is 0. The van der Waals surface area contributed by atoms with Crippen LogP contribution in [0.5, 0.6) is 0 Å². The Bertz CT molecular complexity index is 523. The average molecular weight is 371 g/mol. The van der Waals surface area contributed by atoms with E-state index in [2.05, 4.69) is 16.3 Å². The van der Waals surface area contributed by atoms with E-state index in [9.17, 15) is 4.79 Å². The Kier molecular flexibility index (Phi) is 8.39. The number of amides is 1. The van der Waals surface area contributed by atoms with Crippen LogP contribution in [0.15, 0.2) is 24.3 Å². The van der Waals surface area contributed by atoms with Gasteiger partial charge in [0.15, 0.2) is 0 Å². The fourth-order valence-corrected chi connectivity index (χ4v) is 4.08. The number of aliphatic hydroxyl groups is 1. The molecule has 0 bridgehead atoms. The average Bonchev–Trinajstić information content (AvgIpc) is 3.10. The molecular formula is C18H27ClN2O2S. The van der Waals surface area contributed by atoms with Gasteiger partial charge in [0.1, 0.15) is 0 Å². The molecule has 134 valence electrons. The Hall–Kier alpha value is -0.750. The second-order valence-electron chi connectivity index (χ2n) is 6.39. The van der Waals surface area contributed by atoms with Crippen LogP contribution < -0.4 is 5.32 Å². The van der Waals surface area contributed by atoms with Crippen LogP contribution in [0, 0.1) is 5.92 Å². The number of benzene rings is 1. The number of nitrogens with one attached hydrogen (secondary N) is 1. The topological polar surface area (TPSA) is 52.6 Å². The highest BCUT2D eigenvalue weighted by atomic mass is 35.5. The zero-order valence-corrected chi connectivity index (χ0v) is 15.8. The predicted molar refractivity (Wildman–Crippen MR) is 102 cm³/mol. The maximum absolute atomic E-state index is 12.1. The zero-order valence-electron chi connectivity index (χ0n) is 14.2. The van der Waals surface area contributed by atoms with Crippen molar-refractivity contribution in [3.8, 4) is 0 Å². The van der Waals surface area contributed by atoms with Crippen molar-refractivity contribution in [3.05, 3.63) is 34.9 Å². The van der Waals surface area contributed by atoms with Gasteiger partial charge in [0.25, 0.3) is 0 Å². The highest BCUT2D eigenvalue weighted by molar-refractivity contribution is 7.99. The molecule has 0 unspecified atom stereocenters. The number of thioether (sulfide) groups is 1. The lowest BCUT2D eigenvalue weighted by Crippen LogP contribution is -2.37. The van der Waals surface area contributed by atoms with Crippen LogP contribution in [0.25, 0.3) is 0 Å². The van der Waals surface area contributed by atoms with Gasteiger partial charge in [-0.1, -0.05) is 36.7 Å². The molecule has 6 heteroatoms. The van der Waals surface area contributed by atoms with Gasteiger partial charge in [-0.3, -0.25) is 9.69 Å². The SMILES string of the molecule is C[C@H](CO)CSCC(=O)NC[C@H](c1ccccc1Cl)N1CCCC1. The van der Waals surface area contributed by atoms with Crippen molar-refractivity contribution in [1.82, 2.24) is 10.2 Å². The number of nitrogens with zero attached hydrogens (tertiary/aromatic N) is 1. The molecular weight excluding hydrogens is 344 g/mol. The maximum Gasteiger partial charge on any atom is 0.230 e. The molecule has 24 heavy (non-hydrogen) atoms. The molecule has 1 aromatic rings. The van der Waals surface area contributed by atoms with Gasteiger partial charge in [-0.05, 0) is 49.2 Å².